The first-order chi connectivity index (χ1) is 26.8. The Balaban J connectivity index is 3.12. The Morgan fingerprint density at radius 1 is 0.315 bits per heavy atom. The molecule has 0 radical (unpaired) electrons. The van der Waals surface area contributed by atoms with Crippen molar-refractivity contribution in [2.24, 2.45) is 0 Å². The zero-order valence-electron chi connectivity index (χ0n) is 34.1. The Bertz CT molecular complexity index is 696. The first kappa shape index (κ1) is 53.8. The van der Waals surface area contributed by atoms with E-state index in [1.807, 2.05) is 0 Å². The van der Waals surface area contributed by atoms with Crippen molar-refractivity contribution in [3.8, 4) is 0 Å². The van der Waals surface area contributed by atoms with E-state index in [4.69, 9.17) is 56.8 Å². The van der Waals surface area contributed by atoms with Gasteiger partial charge in [-0.3, -0.25) is 4.79 Å². The summed E-state index contributed by atoms with van der Waals surface area (Å²) in [7, 11) is 0. The molecule has 0 rings (SSSR count). The number of halogens is 1. The van der Waals surface area contributed by atoms with E-state index in [0.29, 0.717) is 145 Å². The van der Waals surface area contributed by atoms with Crippen LogP contribution in [0.2, 0.25) is 0 Å². The van der Waals surface area contributed by atoms with Crippen molar-refractivity contribution < 1.29 is 61.6 Å². The fourth-order valence-corrected chi connectivity index (χ4v) is 5.24. The number of unbranched alkanes of at least 4 members (excludes halogenated alkanes) is 12. The molecule has 0 aliphatic heterocycles. The molecule has 0 aromatic heterocycles. The van der Waals surface area contributed by atoms with Crippen molar-refractivity contribution in [2.45, 2.75) is 96.8 Å². The minimum Gasteiger partial charge on any atom is -0.463 e. The van der Waals surface area contributed by atoms with Crippen molar-refractivity contribution in [1.29, 1.82) is 0 Å². The summed E-state index contributed by atoms with van der Waals surface area (Å²) in [6.45, 7) is 14.1. The van der Waals surface area contributed by atoms with Crippen LogP contribution in [-0.4, -0.2) is 162 Å². The van der Waals surface area contributed by atoms with Gasteiger partial charge in [-0.05, 0) is 6.42 Å². The Kier molecular flexibility index (Phi) is 50.6. The van der Waals surface area contributed by atoms with Crippen LogP contribution in [0.4, 0.5) is 0 Å². The standard InChI is InChI=1S/C40H79IO13/c1-2-3-4-5-6-7-8-9-10-11-12-13-14-15-40(42)54-39-38-53-37-36-52-35-34-51-33-32-50-31-30-49-29-28-48-27-26-47-25-24-46-23-22-45-21-20-44-19-18-43-17-16-41/h2-39H2,1H3. The van der Waals surface area contributed by atoms with Crippen molar-refractivity contribution in [2.75, 3.05) is 156 Å². The summed E-state index contributed by atoms with van der Waals surface area (Å²) in [5.41, 5.74) is 0. The normalized spacial score (nSPS) is 11.5. The number of rotatable bonds is 49. The van der Waals surface area contributed by atoms with E-state index in [9.17, 15) is 4.79 Å². The van der Waals surface area contributed by atoms with Crippen LogP contribution in [0.1, 0.15) is 96.8 Å². The largest absolute Gasteiger partial charge is 0.463 e. The molecule has 0 aromatic carbocycles. The van der Waals surface area contributed by atoms with Gasteiger partial charge in [-0.15, -0.1) is 0 Å². The number of carbonyl (C=O) groups is 1. The molecule has 54 heavy (non-hydrogen) atoms. The fraction of sp³-hybridized carbons (Fsp3) is 0.975. The number of alkyl halides is 1. The lowest BCUT2D eigenvalue weighted by Gasteiger charge is -2.09. The summed E-state index contributed by atoms with van der Waals surface area (Å²) < 4.78 is 66.4. The van der Waals surface area contributed by atoms with Crippen LogP contribution in [0.3, 0.4) is 0 Å². The average Bonchev–Trinajstić information content (AvgIpc) is 3.18. The second-order valence-corrected chi connectivity index (χ2v) is 13.7. The molecular weight excluding hydrogens is 815 g/mol. The summed E-state index contributed by atoms with van der Waals surface area (Å²) in [5, 5.41) is 0. The first-order valence-electron chi connectivity index (χ1n) is 20.9. The summed E-state index contributed by atoms with van der Waals surface area (Å²) >= 11 is 2.28. The van der Waals surface area contributed by atoms with Gasteiger partial charge in [0.15, 0.2) is 0 Å². The zero-order chi connectivity index (χ0) is 38.9. The van der Waals surface area contributed by atoms with Gasteiger partial charge in [-0.25, -0.2) is 0 Å². The topological polar surface area (TPSA) is 128 Å². The maximum Gasteiger partial charge on any atom is 0.305 e. The highest BCUT2D eigenvalue weighted by Gasteiger charge is 2.03. The Labute approximate surface area is 342 Å². The second kappa shape index (κ2) is 50.8. The first-order valence-corrected chi connectivity index (χ1v) is 22.4. The molecule has 0 fully saturated rings. The highest BCUT2D eigenvalue weighted by molar-refractivity contribution is 14.1. The van der Waals surface area contributed by atoms with E-state index in [1.54, 1.807) is 0 Å². The molecule has 0 aromatic rings. The van der Waals surface area contributed by atoms with Crippen molar-refractivity contribution in [3.63, 3.8) is 0 Å². The molecule has 0 saturated heterocycles. The molecule has 0 aliphatic rings. The molecule has 0 unspecified atom stereocenters. The number of esters is 1. The molecule has 0 aliphatic carbocycles. The van der Waals surface area contributed by atoms with E-state index in [2.05, 4.69) is 29.5 Å². The number of carbonyl (C=O) groups excluding carboxylic acids is 1. The van der Waals surface area contributed by atoms with Gasteiger partial charge in [-0.1, -0.05) is 107 Å². The van der Waals surface area contributed by atoms with Gasteiger partial charge < -0.3 is 56.8 Å². The van der Waals surface area contributed by atoms with Crippen molar-refractivity contribution in [1.82, 2.24) is 0 Å². The molecule has 0 heterocycles. The van der Waals surface area contributed by atoms with Crippen LogP contribution in [0.15, 0.2) is 0 Å². The molecule has 13 nitrogen and oxygen atoms in total. The van der Waals surface area contributed by atoms with Gasteiger partial charge in [-0.2, -0.15) is 0 Å². The maximum atomic E-state index is 11.9. The Morgan fingerprint density at radius 3 is 0.796 bits per heavy atom. The quantitative estimate of drug-likeness (QED) is 0.0281. The van der Waals surface area contributed by atoms with Gasteiger partial charge in [0.1, 0.15) is 6.61 Å². The lowest BCUT2D eigenvalue weighted by molar-refractivity contribution is -0.145. The number of ether oxygens (including phenoxy) is 12. The van der Waals surface area contributed by atoms with Crippen LogP contribution >= 0.6 is 22.6 Å². The SMILES string of the molecule is CCCCCCCCCCCCCCCC(=O)OCCOCCOCCOCCOCCOCCOCCOCCOCCOCCOCCOCCI. The predicted octanol–water partition coefficient (Wildman–Crippen LogP) is 6.63. The van der Waals surface area contributed by atoms with Crippen LogP contribution in [0.25, 0.3) is 0 Å². The summed E-state index contributed by atoms with van der Waals surface area (Å²) in [6, 6.07) is 0. The third-order valence-electron chi connectivity index (χ3n) is 7.92. The predicted molar refractivity (Wildman–Crippen MR) is 219 cm³/mol. The maximum absolute atomic E-state index is 11.9. The minimum atomic E-state index is -0.131. The zero-order valence-corrected chi connectivity index (χ0v) is 36.2. The second-order valence-electron chi connectivity index (χ2n) is 12.6. The van der Waals surface area contributed by atoms with E-state index >= 15 is 0 Å². The lowest BCUT2D eigenvalue weighted by atomic mass is 10.0. The number of hydrogen-bond acceptors (Lipinski definition) is 13. The van der Waals surface area contributed by atoms with Gasteiger partial charge in [0.2, 0.25) is 0 Å². The summed E-state index contributed by atoms with van der Waals surface area (Å²) in [6.07, 6.45) is 17.3. The van der Waals surface area contributed by atoms with Gasteiger partial charge in [0.25, 0.3) is 0 Å². The van der Waals surface area contributed by atoms with Crippen molar-refractivity contribution >= 4 is 28.6 Å². The van der Waals surface area contributed by atoms with Gasteiger partial charge in [0.05, 0.1) is 145 Å². The smallest absolute Gasteiger partial charge is 0.305 e. The van der Waals surface area contributed by atoms with Crippen LogP contribution in [0, 0.1) is 0 Å². The molecule has 324 valence electrons. The van der Waals surface area contributed by atoms with Crippen molar-refractivity contribution in [3.05, 3.63) is 0 Å². The molecule has 0 bridgehead atoms. The summed E-state index contributed by atoms with van der Waals surface area (Å²) in [5.74, 6) is -0.131. The lowest BCUT2D eigenvalue weighted by Crippen LogP contribution is -2.15. The molecule has 0 atom stereocenters. The Hall–Kier alpha value is -0.240. The molecule has 0 spiro atoms. The average molecular weight is 895 g/mol. The number of hydrogen-bond donors (Lipinski definition) is 0. The van der Waals surface area contributed by atoms with Crippen LogP contribution in [0.5, 0.6) is 0 Å². The van der Waals surface area contributed by atoms with Crippen LogP contribution < -0.4 is 0 Å². The summed E-state index contributed by atoms with van der Waals surface area (Å²) in [4.78, 5) is 11.9. The van der Waals surface area contributed by atoms with E-state index < -0.39 is 0 Å². The third kappa shape index (κ3) is 49.8. The third-order valence-corrected chi connectivity index (χ3v) is 8.36. The highest BCUT2D eigenvalue weighted by Crippen LogP contribution is 2.13. The van der Waals surface area contributed by atoms with Crippen LogP contribution in [-0.2, 0) is 61.6 Å². The molecule has 0 N–H and O–H groups in total. The molecule has 0 saturated carbocycles. The Morgan fingerprint density at radius 2 is 0.537 bits per heavy atom. The van der Waals surface area contributed by atoms with Gasteiger partial charge in [0, 0.05) is 10.8 Å². The van der Waals surface area contributed by atoms with E-state index in [-0.39, 0.29) is 12.6 Å². The monoisotopic (exact) mass is 894 g/mol. The highest BCUT2D eigenvalue weighted by atomic mass is 127. The van der Waals surface area contributed by atoms with E-state index in [0.717, 1.165) is 23.9 Å². The minimum absolute atomic E-state index is 0.131. The fourth-order valence-electron chi connectivity index (χ4n) is 4.93. The van der Waals surface area contributed by atoms with E-state index in [1.165, 1.54) is 70.6 Å². The van der Waals surface area contributed by atoms with Gasteiger partial charge >= 0.3 is 5.97 Å². The molecule has 0 amide bonds. The molecular formula is C40H79IO13. The molecule has 14 heteroatoms.